The third kappa shape index (κ3) is 2.59. The van der Waals surface area contributed by atoms with Gasteiger partial charge in [-0.1, -0.05) is 17.7 Å². The fraction of sp³-hybridized carbons (Fsp3) is 0.533. The molecule has 1 aliphatic heterocycles. The molecule has 4 heteroatoms. The summed E-state index contributed by atoms with van der Waals surface area (Å²) < 4.78 is 5.94. The zero-order valence-corrected chi connectivity index (χ0v) is 12.2. The normalized spacial score (nSPS) is 21.9. The highest BCUT2D eigenvalue weighted by molar-refractivity contribution is 5.87. The van der Waals surface area contributed by atoms with Crippen molar-refractivity contribution in [3.8, 4) is 0 Å². The van der Waals surface area contributed by atoms with Gasteiger partial charge in [0.25, 0.3) is 0 Å². The van der Waals surface area contributed by atoms with Gasteiger partial charge in [-0.2, -0.15) is 0 Å². The minimum absolute atomic E-state index is 0.0151. The first-order valence-electron chi connectivity index (χ1n) is 6.65. The number of hydrazine groups is 1. The Morgan fingerprint density at radius 1 is 1.26 bits per heavy atom. The van der Waals surface area contributed by atoms with E-state index in [1.165, 1.54) is 5.56 Å². The Morgan fingerprint density at radius 3 is 2.37 bits per heavy atom. The summed E-state index contributed by atoms with van der Waals surface area (Å²) in [5.41, 5.74) is 4.46. The number of benzene rings is 1. The highest BCUT2D eigenvalue weighted by Gasteiger charge is 2.49. The lowest BCUT2D eigenvalue weighted by molar-refractivity contribution is -0.131. The lowest BCUT2D eigenvalue weighted by atomic mass is 9.91. The first-order chi connectivity index (χ1) is 8.82. The van der Waals surface area contributed by atoms with E-state index in [1.807, 2.05) is 63.9 Å². The average molecular weight is 262 g/mol. The van der Waals surface area contributed by atoms with Crippen LogP contribution in [0.1, 0.15) is 33.3 Å². The molecule has 4 nitrogen and oxygen atoms in total. The number of carbonyl (C=O) groups is 1. The van der Waals surface area contributed by atoms with Crippen LogP contribution < -0.4 is 10.4 Å². The molecule has 2 rings (SSSR count). The monoisotopic (exact) mass is 262 g/mol. The molecule has 0 aromatic heterocycles. The average Bonchev–Trinajstić information content (AvgIpc) is 2.53. The van der Waals surface area contributed by atoms with Crippen molar-refractivity contribution in [3.63, 3.8) is 0 Å². The lowest BCUT2D eigenvalue weighted by Gasteiger charge is -2.32. The van der Waals surface area contributed by atoms with E-state index in [4.69, 9.17) is 4.74 Å². The molecule has 104 valence electrons. The standard InChI is InChI=1S/C15H22N2O2/c1-10(2)19-14-15(4,5)13(18)16-17(14)12-8-6-11(3)7-9-12/h6-10,14H,1-5H3,(H,16,18). The molecule has 1 fully saturated rings. The molecule has 1 aromatic carbocycles. The van der Waals surface area contributed by atoms with Crippen molar-refractivity contribution in [2.24, 2.45) is 5.41 Å². The summed E-state index contributed by atoms with van der Waals surface area (Å²) in [4.78, 5) is 12.1. The van der Waals surface area contributed by atoms with E-state index in [0.717, 1.165) is 5.69 Å². The summed E-state index contributed by atoms with van der Waals surface area (Å²) in [6.45, 7) is 9.81. The van der Waals surface area contributed by atoms with Crippen LogP contribution in [-0.4, -0.2) is 18.2 Å². The van der Waals surface area contributed by atoms with Crippen LogP contribution in [0.5, 0.6) is 0 Å². The number of ether oxygens (including phenoxy) is 1. The molecular formula is C15H22N2O2. The van der Waals surface area contributed by atoms with E-state index in [-0.39, 0.29) is 18.2 Å². The van der Waals surface area contributed by atoms with E-state index in [2.05, 4.69) is 5.43 Å². The van der Waals surface area contributed by atoms with Gasteiger partial charge >= 0.3 is 0 Å². The Labute approximate surface area is 114 Å². The number of nitrogens with zero attached hydrogens (tertiary/aromatic N) is 1. The molecule has 1 N–H and O–H groups in total. The van der Waals surface area contributed by atoms with Gasteiger partial charge in [-0.25, -0.2) is 0 Å². The third-order valence-corrected chi connectivity index (χ3v) is 3.37. The second-order valence-corrected chi connectivity index (χ2v) is 5.91. The summed E-state index contributed by atoms with van der Waals surface area (Å²) in [6, 6.07) is 8.04. The second-order valence-electron chi connectivity index (χ2n) is 5.91. The number of nitrogens with one attached hydrogen (secondary N) is 1. The van der Waals surface area contributed by atoms with Gasteiger partial charge in [0.1, 0.15) is 0 Å². The molecule has 0 aliphatic carbocycles. The van der Waals surface area contributed by atoms with Crippen molar-refractivity contribution in [1.29, 1.82) is 0 Å². The van der Waals surface area contributed by atoms with Gasteiger partial charge in [-0.15, -0.1) is 0 Å². The molecule has 0 bridgehead atoms. The van der Waals surface area contributed by atoms with Gasteiger partial charge < -0.3 is 4.74 Å². The minimum Gasteiger partial charge on any atom is -0.353 e. The molecule has 1 unspecified atom stereocenters. The topological polar surface area (TPSA) is 41.6 Å². The number of carbonyl (C=O) groups excluding carboxylic acids is 1. The second kappa shape index (κ2) is 4.85. The summed E-state index contributed by atoms with van der Waals surface area (Å²) in [6.07, 6.45) is -0.243. The van der Waals surface area contributed by atoms with Crippen LogP contribution in [0.3, 0.4) is 0 Å². The molecule has 0 radical (unpaired) electrons. The Hall–Kier alpha value is -1.55. The van der Waals surface area contributed by atoms with Gasteiger partial charge in [0.2, 0.25) is 5.91 Å². The number of hydrogen-bond acceptors (Lipinski definition) is 3. The van der Waals surface area contributed by atoms with E-state index in [0.29, 0.717) is 0 Å². The first kappa shape index (κ1) is 13.9. The molecule has 1 amide bonds. The summed E-state index contributed by atoms with van der Waals surface area (Å²) in [5.74, 6) is -0.0151. The van der Waals surface area contributed by atoms with Crippen LogP contribution in [-0.2, 0) is 9.53 Å². The largest absolute Gasteiger partial charge is 0.353 e. The predicted octanol–water partition coefficient (Wildman–Crippen LogP) is 2.62. The van der Waals surface area contributed by atoms with Crippen LogP contribution in [0, 0.1) is 12.3 Å². The molecule has 0 spiro atoms. The van der Waals surface area contributed by atoms with Gasteiger partial charge in [-0.3, -0.25) is 15.2 Å². The first-order valence-corrected chi connectivity index (χ1v) is 6.65. The van der Waals surface area contributed by atoms with Gasteiger partial charge in [-0.05, 0) is 46.8 Å². The van der Waals surface area contributed by atoms with E-state index in [9.17, 15) is 4.79 Å². The SMILES string of the molecule is Cc1ccc(N2NC(=O)C(C)(C)C2OC(C)C)cc1. The van der Waals surface area contributed by atoms with Gasteiger partial charge in [0, 0.05) is 0 Å². The zero-order chi connectivity index (χ0) is 14.2. The van der Waals surface area contributed by atoms with Crippen LogP contribution >= 0.6 is 0 Å². The van der Waals surface area contributed by atoms with Gasteiger partial charge in [0.15, 0.2) is 6.23 Å². The molecule has 19 heavy (non-hydrogen) atoms. The summed E-state index contributed by atoms with van der Waals surface area (Å²) in [5, 5.41) is 1.82. The molecule has 1 atom stereocenters. The summed E-state index contributed by atoms with van der Waals surface area (Å²) >= 11 is 0. The lowest BCUT2D eigenvalue weighted by Crippen LogP contribution is -2.43. The van der Waals surface area contributed by atoms with Crippen molar-refractivity contribution in [3.05, 3.63) is 29.8 Å². The highest BCUT2D eigenvalue weighted by atomic mass is 16.5. The molecular weight excluding hydrogens is 240 g/mol. The number of rotatable bonds is 3. The minimum atomic E-state index is -0.574. The molecule has 1 aromatic rings. The number of amides is 1. The van der Waals surface area contributed by atoms with Gasteiger partial charge in [0.05, 0.1) is 17.2 Å². The molecule has 1 saturated heterocycles. The fourth-order valence-electron chi connectivity index (χ4n) is 2.14. The van der Waals surface area contributed by atoms with E-state index >= 15 is 0 Å². The molecule has 1 heterocycles. The fourth-order valence-corrected chi connectivity index (χ4v) is 2.14. The summed E-state index contributed by atoms with van der Waals surface area (Å²) in [7, 11) is 0. The van der Waals surface area contributed by atoms with E-state index in [1.54, 1.807) is 0 Å². The molecule has 1 aliphatic rings. The third-order valence-electron chi connectivity index (χ3n) is 3.37. The van der Waals surface area contributed by atoms with Crippen molar-refractivity contribution in [2.75, 3.05) is 5.01 Å². The Kier molecular flexibility index (Phi) is 3.54. The zero-order valence-electron chi connectivity index (χ0n) is 12.2. The van der Waals surface area contributed by atoms with Crippen LogP contribution in [0.2, 0.25) is 0 Å². The van der Waals surface area contributed by atoms with E-state index < -0.39 is 5.41 Å². The van der Waals surface area contributed by atoms with Crippen LogP contribution in [0.15, 0.2) is 24.3 Å². The number of anilines is 1. The van der Waals surface area contributed by atoms with Crippen molar-refractivity contribution in [2.45, 2.75) is 47.0 Å². The van der Waals surface area contributed by atoms with Crippen molar-refractivity contribution < 1.29 is 9.53 Å². The number of aryl methyl sites for hydroxylation is 1. The smallest absolute Gasteiger partial charge is 0.248 e. The van der Waals surface area contributed by atoms with Crippen LogP contribution in [0.4, 0.5) is 5.69 Å². The Morgan fingerprint density at radius 2 is 1.84 bits per heavy atom. The quantitative estimate of drug-likeness (QED) is 0.910. The Bertz CT molecular complexity index is 466. The van der Waals surface area contributed by atoms with Crippen molar-refractivity contribution in [1.82, 2.24) is 5.43 Å². The maximum atomic E-state index is 12.1. The van der Waals surface area contributed by atoms with Crippen molar-refractivity contribution >= 4 is 11.6 Å². The van der Waals surface area contributed by atoms with Crippen LogP contribution in [0.25, 0.3) is 0 Å². The predicted molar refractivity (Wildman–Crippen MR) is 75.6 cm³/mol. The maximum absolute atomic E-state index is 12.1. The maximum Gasteiger partial charge on any atom is 0.248 e. The highest BCUT2D eigenvalue weighted by Crippen LogP contribution is 2.35. The number of hydrogen-bond donors (Lipinski definition) is 1. The Balaban J connectivity index is 2.33. The molecule has 0 saturated carbocycles.